The monoisotopic (exact) mass is 1210 g/mol. The molecule has 0 fully saturated rings. The highest BCUT2D eigenvalue weighted by molar-refractivity contribution is 7.27. The summed E-state index contributed by atoms with van der Waals surface area (Å²) >= 11 is 3.66. The SMILES string of the molecule is c1ccc(-c2nc3ccccc3nc2-c2ccc(-n3c4ccccc4c4c5sc6ccc(-c7ccc(-c8nc9ccccc9nc8-n8c9ccccc9c9c%10sc%11ccccc%11c%10c%10oc%11ccccc%11c%10c98)cc7)cc6c5c5oc6ccccc6c5c43)cc2)cc1. The lowest BCUT2D eigenvalue weighted by Crippen LogP contribution is -2.04. The van der Waals surface area contributed by atoms with Gasteiger partial charge in [-0.2, -0.15) is 0 Å². The van der Waals surface area contributed by atoms with Gasteiger partial charge in [0.05, 0.1) is 66.3 Å². The molecule has 0 aliphatic carbocycles. The predicted octanol–water partition coefficient (Wildman–Crippen LogP) is 23.0. The Morgan fingerprint density at radius 1 is 0.283 bits per heavy atom. The van der Waals surface area contributed by atoms with Gasteiger partial charge in [-0.3, -0.25) is 4.57 Å². The summed E-state index contributed by atoms with van der Waals surface area (Å²) in [7, 11) is 0. The summed E-state index contributed by atoms with van der Waals surface area (Å²) < 4.78 is 23.8. The largest absolute Gasteiger partial charge is 0.455 e. The van der Waals surface area contributed by atoms with Gasteiger partial charge in [-0.15, -0.1) is 22.7 Å². The van der Waals surface area contributed by atoms with Crippen molar-refractivity contribution in [2.75, 3.05) is 0 Å². The van der Waals surface area contributed by atoms with Crippen molar-refractivity contribution in [2.45, 2.75) is 0 Å². The van der Waals surface area contributed by atoms with Crippen molar-refractivity contribution in [1.29, 1.82) is 0 Å². The Hall–Kier alpha value is -11.8. The second-order valence-electron chi connectivity index (χ2n) is 23.9. The molecule has 8 nitrogen and oxygen atoms in total. The summed E-state index contributed by atoms with van der Waals surface area (Å²) in [5, 5.41) is 13.7. The van der Waals surface area contributed by atoms with Crippen LogP contribution in [-0.4, -0.2) is 29.1 Å². The molecule has 21 rings (SSSR count). The molecule has 0 unspecified atom stereocenters. The fourth-order valence-electron chi connectivity index (χ4n) is 14.9. The van der Waals surface area contributed by atoms with Gasteiger partial charge >= 0.3 is 0 Å². The molecule has 13 aromatic carbocycles. The van der Waals surface area contributed by atoms with E-state index in [-0.39, 0.29) is 0 Å². The number of hydrogen-bond donors (Lipinski definition) is 0. The van der Waals surface area contributed by atoms with Gasteiger partial charge < -0.3 is 13.4 Å². The van der Waals surface area contributed by atoms with E-state index in [2.05, 4.69) is 234 Å². The molecule has 0 aliphatic rings. The number of thiophene rings is 2. The molecular weight excluding hydrogens is 1170 g/mol. The van der Waals surface area contributed by atoms with E-state index in [9.17, 15) is 0 Å². The van der Waals surface area contributed by atoms with Crippen molar-refractivity contribution in [3.8, 4) is 56.4 Å². The number of nitrogens with zero attached hydrogens (tertiary/aromatic N) is 6. The zero-order chi connectivity index (χ0) is 59.9. The van der Waals surface area contributed by atoms with Gasteiger partial charge in [-0.1, -0.05) is 188 Å². The number of hydrogen-bond acceptors (Lipinski definition) is 8. The highest BCUT2D eigenvalue weighted by atomic mass is 32.1. The number of furan rings is 2. The van der Waals surface area contributed by atoms with Crippen LogP contribution in [0.3, 0.4) is 0 Å². The number of benzene rings is 13. The third-order valence-electron chi connectivity index (χ3n) is 18.9. The number of rotatable bonds is 6. The number of fused-ring (bicyclic) bond motifs is 26. The fraction of sp³-hybridized carbons (Fsp3) is 0. The van der Waals surface area contributed by atoms with E-state index in [1.807, 2.05) is 65.1 Å². The van der Waals surface area contributed by atoms with Gasteiger partial charge in [-0.05, 0) is 90.0 Å². The molecule has 8 aromatic heterocycles. The van der Waals surface area contributed by atoms with E-state index in [0.717, 1.165) is 166 Å². The van der Waals surface area contributed by atoms with Crippen molar-refractivity contribution in [1.82, 2.24) is 29.1 Å². The molecule has 21 aromatic rings. The Kier molecular flexibility index (Phi) is 10.3. The second kappa shape index (κ2) is 18.9. The van der Waals surface area contributed by atoms with Crippen LogP contribution >= 0.6 is 22.7 Å². The van der Waals surface area contributed by atoms with Crippen molar-refractivity contribution in [3.63, 3.8) is 0 Å². The van der Waals surface area contributed by atoms with Gasteiger partial charge in [-0.25, -0.2) is 19.9 Å². The average Bonchev–Trinajstić information content (AvgIpc) is 1.53. The smallest absolute Gasteiger partial charge is 0.165 e. The first-order valence-electron chi connectivity index (χ1n) is 30.8. The first-order valence-corrected chi connectivity index (χ1v) is 32.5. The van der Waals surface area contributed by atoms with E-state index in [1.165, 1.54) is 40.3 Å². The Labute approximate surface area is 530 Å². The van der Waals surface area contributed by atoms with E-state index >= 15 is 0 Å². The van der Waals surface area contributed by atoms with Crippen LogP contribution in [-0.2, 0) is 0 Å². The van der Waals surface area contributed by atoms with Crippen LogP contribution in [0, 0.1) is 0 Å². The molecule has 10 heteroatoms. The molecule has 0 saturated heterocycles. The van der Waals surface area contributed by atoms with Crippen LogP contribution in [0.2, 0.25) is 0 Å². The molecule has 0 N–H and O–H groups in total. The average molecular weight is 1210 g/mol. The molecule has 0 spiro atoms. The first-order chi connectivity index (χ1) is 45.6. The lowest BCUT2D eigenvalue weighted by Gasteiger charge is -2.15. The quantitative estimate of drug-likeness (QED) is 0.165. The summed E-state index contributed by atoms with van der Waals surface area (Å²) in [6.07, 6.45) is 0. The van der Waals surface area contributed by atoms with Gasteiger partial charge in [0, 0.05) is 95.0 Å². The fourth-order valence-corrected chi connectivity index (χ4v) is 17.4. The van der Waals surface area contributed by atoms with Crippen LogP contribution in [0.25, 0.3) is 206 Å². The lowest BCUT2D eigenvalue weighted by atomic mass is 9.99. The van der Waals surface area contributed by atoms with Crippen LogP contribution < -0.4 is 0 Å². The normalized spacial score (nSPS) is 12.3. The van der Waals surface area contributed by atoms with E-state index in [0.29, 0.717) is 0 Å². The minimum atomic E-state index is 0.758. The minimum Gasteiger partial charge on any atom is -0.455 e. The molecule has 0 aliphatic heterocycles. The molecular formula is C82H44N6O2S2. The maximum Gasteiger partial charge on any atom is 0.165 e. The molecule has 0 radical (unpaired) electrons. The minimum absolute atomic E-state index is 0.758. The summed E-state index contributed by atoms with van der Waals surface area (Å²) in [5.41, 5.74) is 19.9. The third-order valence-corrected chi connectivity index (χ3v) is 21.3. The highest BCUT2D eigenvalue weighted by Gasteiger charge is 2.30. The van der Waals surface area contributed by atoms with Crippen molar-refractivity contribution < 1.29 is 8.83 Å². The van der Waals surface area contributed by atoms with Gasteiger partial charge in [0.25, 0.3) is 0 Å². The highest BCUT2D eigenvalue weighted by Crippen LogP contribution is 2.54. The Morgan fingerprint density at radius 3 is 1.33 bits per heavy atom. The molecule has 0 atom stereocenters. The van der Waals surface area contributed by atoms with Crippen LogP contribution in [0.1, 0.15) is 0 Å². The van der Waals surface area contributed by atoms with Gasteiger partial charge in [0.2, 0.25) is 0 Å². The first kappa shape index (κ1) is 50.1. The lowest BCUT2D eigenvalue weighted by molar-refractivity contribution is 0.672. The van der Waals surface area contributed by atoms with Gasteiger partial charge in [0.1, 0.15) is 28.0 Å². The molecule has 92 heavy (non-hydrogen) atoms. The number of aromatic nitrogens is 6. The van der Waals surface area contributed by atoms with Crippen molar-refractivity contribution in [2.24, 2.45) is 0 Å². The Balaban J connectivity index is 0.742. The topological polar surface area (TPSA) is 87.7 Å². The molecule has 426 valence electrons. The van der Waals surface area contributed by atoms with Crippen LogP contribution in [0.5, 0.6) is 0 Å². The maximum atomic E-state index is 7.16. The summed E-state index contributed by atoms with van der Waals surface area (Å²) in [4.78, 5) is 21.6. The standard InChI is InChI=1S/C82H44N6O2S2/c1-2-18-46(19-3-1)73-74(84-58-26-10-9-25-57(58)83-73)47-38-41-50(42-39-47)87-61-29-13-4-20-51(61)69-76(87)67-53-22-6-15-31-63(53)90-79(67)72-56-44-49(40-43-66(56)92-81(69)72)45-34-36-48(37-35-45)75-82(86-60-28-12-11-27-59(60)85-75)88-62-30-14-5-21-52(62)70-77(88)68-54-23-7-16-32-64(54)89-78(68)71-55-24-8-17-33-65(55)91-80(70)71/h1-44H. The van der Waals surface area contributed by atoms with E-state index in [4.69, 9.17) is 28.8 Å². The molecule has 0 saturated carbocycles. The maximum absolute atomic E-state index is 7.16. The predicted molar refractivity (Wildman–Crippen MR) is 383 cm³/mol. The Morgan fingerprint density at radius 2 is 0.707 bits per heavy atom. The summed E-state index contributed by atoms with van der Waals surface area (Å²) in [5.74, 6) is 0.758. The zero-order valence-corrected chi connectivity index (χ0v) is 50.4. The van der Waals surface area contributed by atoms with Crippen molar-refractivity contribution >= 4 is 173 Å². The van der Waals surface area contributed by atoms with Crippen LogP contribution in [0.4, 0.5) is 0 Å². The van der Waals surface area contributed by atoms with E-state index in [1.54, 1.807) is 0 Å². The summed E-state index contributed by atoms with van der Waals surface area (Å²) in [6, 6.07) is 94.6. The summed E-state index contributed by atoms with van der Waals surface area (Å²) in [6.45, 7) is 0. The van der Waals surface area contributed by atoms with Crippen LogP contribution in [0.15, 0.2) is 276 Å². The van der Waals surface area contributed by atoms with E-state index < -0.39 is 0 Å². The third kappa shape index (κ3) is 6.99. The van der Waals surface area contributed by atoms with Crippen molar-refractivity contribution in [3.05, 3.63) is 267 Å². The second-order valence-corrected chi connectivity index (χ2v) is 26.0. The molecule has 0 amide bonds. The number of para-hydroxylation sites is 8. The molecule has 0 bridgehead atoms. The van der Waals surface area contributed by atoms with Gasteiger partial charge in [0.15, 0.2) is 5.82 Å². The Bertz CT molecular complexity index is 6700. The zero-order valence-electron chi connectivity index (χ0n) is 48.7. The molecule has 8 heterocycles.